The second-order valence-electron chi connectivity index (χ2n) is 5.30. The van der Waals surface area contributed by atoms with Gasteiger partial charge in [0.05, 0.1) is 28.5 Å². The summed E-state index contributed by atoms with van der Waals surface area (Å²) in [5.41, 5.74) is 0.765. The lowest BCUT2D eigenvalue weighted by Crippen LogP contribution is -2.37. The van der Waals surface area contributed by atoms with Crippen LogP contribution in [0.1, 0.15) is 5.56 Å². The number of halogens is 3. The molecule has 0 aromatic heterocycles. The second-order valence-corrected chi connectivity index (χ2v) is 8.10. The van der Waals surface area contributed by atoms with Crippen LogP contribution >= 0.6 is 23.2 Å². The molecule has 0 saturated carbocycles. The van der Waals surface area contributed by atoms with Crippen molar-refractivity contribution in [3.05, 3.63) is 63.9 Å². The lowest BCUT2D eigenvalue weighted by molar-refractivity contribution is -0.116. The lowest BCUT2D eigenvalue weighted by atomic mass is 10.2. The Kier molecular flexibility index (Phi) is 6.40. The predicted octanol–water partition coefficient (Wildman–Crippen LogP) is 3.53. The third-order valence-corrected chi connectivity index (χ3v) is 5.11. The van der Waals surface area contributed by atoms with Gasteiger partial charge in [-0.1, -0.05) is 41.4 Å². The standard InChI is InChI=1S/C16H15Cl2FN2O3S/c1-25(23,24)21(9-11-5-7-12(19)8-6-11)10-15(22)20-16-13(17)3-2-4-14(16)18/h2-8H,9-10H2,1H3,(H,20,22). The van der Waals surface area contributed by atoms with Crippen LogP contribution in [0.2, 0.25) is 10.0 Å². The summed E-state index contributed by atoms with van der Waals surface area (Å²) in [6.45, 7) is -0.499. The molecule has 0 atom stereocenters. The highest BCUT2D eigenvalue weighted by Gasteiger charge is 2.21. The Hall–Kier alpha value is -1.67. The fourth-order valence-corrected chi connectivity index (χ4v) is 3.27. The van der Waals surface area contributed by atoms with E-state index in [4.69, 9.17) is 23.2 Å². The van der Waals surface area contributed by atoms with E-state index in [9.17, 15) is 17.6 Å². The minimum Gasteiger partial charge on any atom is -0.322 e. The highest BCUT2D eigenvalue weighted by molar-refractivity contribution is 7.88. The van der Waals surface area contributed by atoms with Gasteiger partial charge in [0.15, 0.2) is 0 Å². The Balaban J connectivity index is 2.14. The number of rotatable bonds is 6. The molecular formula is C16H15Cl2FN2O3S. The molecule has 0 bridgehead atoms. The first-order chi connectivity index (χ1) is 11.7. The number of nitrogens with zero attached hydrogens (tertiary/aromatic N) is 1. The summed E-state index contributed by atoms with van der Waals surface area (Å²) in [4.78, 5) is 12.2. The van der Waals surface area contributed by atoms with Gasteiger partial charge in [-0.05, 0) is 29.8 Å². The van der Waals surface area contributed by atoms with Crippen LogP contribution in [0.5, 0.6) is 0 Å². The highest BCUT2D eigenvalue weighted by Crippen LogP contribution is 2.29. The van der Waals surface area contributed by atoms with Crippen molar-refractivity contribution in [2.45, 2.75) is 6.54 Å². The van der Waals surface area contributed by atoms with Crippen molar-refractivity contribution < 1.29 is 17.6 Å². The molecule has 0 unspecified atom stereocenters. The maximum absolute atomic E-state index is 13.0. The second kappa shape index (κ2) is 8.14. The fraction of sp³-hybridized carbons (Fsp3) is 0.188. The van der Waals surface area contributed by atoms with E-state index >= 15 is 0 Å². The Bertz CT molecular complexity index is 853. The number of amides is 1. The number of carbonyl (C=O) groups excluding carboxylic acids is 1. The molecular weight excluding hydrogens is 390 g/mol. The zero-order valence-corrected chi connectivity index (χ0v) is 15.5. The Morgan fingerprint density at radius 1 is 1.12 bits per heavy atom. The zero-order valence-electron chi connectivity index (χ0n) is 13.2. The molecule has 2 aromatic carbocycles. The topological polar surface area (TPSA) is 66.5 Å². The van der Waals surface area contributed by atoms with Gasteiger partial charge < -0.3 is 5.32 Å². The molecule has 0 radical (unpaired) electrons. The number of para-hydroxylation sites is 1. The maximum atomic E-state index is 13.0. The molecule has 0 aliphatic carbocycles. The summed E-state index contributed by atoms with van der Waals surface area (Å²) in [7, 11) is -3.67. The number of benzene rings is 2. The zero-order chi connectivity index (χ0) is 18.6. The normalized spacial score (nSPS) is 11.6. The van der Waals surface area contributed by atoms with Crippen LogP contribution < -0.4 is 5.32 Å². The molecule has 25 heavy (non-hydrogen) atoms. The monoisotopic (exact) mass is 404 g/mol. The van der Waals surface area contributed by atoms with Crippen LogP contribution in [0.25, 0.3) is 0 Å². The molecule has 2 aromatic rings. The van der Waals surface area contributed by atoms with E-state index in [0.717, 1.165) is 10.6 Å². The van der Waals surface area contributed by atoms with Crippen molar-refractivity contribution in [1.29, 1.82) is 0 Å². The molecule has 0 heterocycles. The van der Waals surface area contributed by atoms with Crippen LogP contribution in [-0.4, -0.2) is 31.4 Å². The van der Waals surface area contributed by atoms with Crippen LogP contribution in [0.4, 0.5) is 10.1 Å². The highest BCUT2D eigenvalue weighted by atomic mass is 35.5. The van der Waals surface area contributed by atoms with Crippen molar-refractivity contribution >= 4 is 44.8 Å². The van der Waals surface area contributed by atoms with Crippen molar-refractivity contribution in [3.8, 4) is 0 Å². The van der Waals surface area contributed by atoms with Gasteiger partial charge in [0.25, 0.3) is 0 Å². The third kappa shape index (κ3) is 5.67. The van der Waals surface area contributed by atoms with E-state index in [2.05, 4.69) is 5.32 Å². The Morgan fingerprint density at radius 2 is 1.68 bits per heavy atom. The van der Waals surface area contributed by atoms with Crippen molar-refractivity contribution in [3.63, 3.8) is 0 Å². The minimum atomic E-state index is -3.67. The number of hydrogen-bond acceptors (Lipinski definition) is 3. The molecule has 134 valence electrons. The predicted molar refractivity (Wildman–Crippen MR) is 96.7 cm³/mol. The van der Waals surface area contributed by atoms with Crippen LogP contribution in [0, 0.1) is 5.82 Å². The molecule has 1 N–H and O–H groups in total. The Morgan fingerprint density at radius 3 is 2.20 bits per heavy atom. The molecule has 0 spiro atoms. The largest absolute Gasteiger partial charge is 0.322 e. The van der Waals surface area contributed by atoms with E-state index in [1.54, 1.807) is 18.2 Å². The Labute approximate surface area is 155 Å². The first-order valence-electron chi connectivity index (χ1n) is 7.10. The maximum Gasteiger partial charge on any atom is 0.239 e. The first kappa shape index (κ1) is 19.7. The number of anilines is 1. The van der Waals surface area contributed by atoms with E-state index in [0.29, 0.717) is 5.56 Å². The van der Waals surface area contributed by atoms with Crippen LogP contribution in [0.15, 0.2) is 42.5 Å². The first-order valence-corrected chi connectivity index (χ1v) is 9.70. The minimum absolute atomic E-state index is 0.0667. The van der Waals surface area contributed by atoms with Gasteiger partial charge in [-0.15, -0.1) is 0 Å². The van der Waals surface area contributed by atoms with Gasteiger partial charge in [0.2, 0.25) is 15.9 Å². The van der Waals surface area contributed by atoms with E-state index < -0.39 is 28.3 Å². The third-order valence-electron chi connectivity index (χ3n) is 3.29. The number of carbonyl (C=O) groups is 1. The average Bonchev–Trinajstić information content (AvgIpc) is 2.51. The van der Waals surface area contributed by atoms with Gasteiger partial charge in [-0.2, -0.15) is 4.31 Å². The quantitative estimate of drug-likeness (QED) is 0.800. The van der Waals surface area contributed by atoms with Crippen molar-refractivity contribution in [2.75, 3.05) is 18.1 Å². The van der Waals surface area contributed by atoms with Crippen molar-refractivity contribution in [2.24, 2.45) is 0 Å². The molecule has 0 aliphatic heterocycles. The number of hydrogen-bond donors (Lipinski definition) is 1. The van der Waals surface area contributed by atoms with E-state index in [-0.39, 0.29) is 22.3 Å². The molecule has 0 saturated heterocycles. The molecule has 0 aliphatic rings. The SMILES string of the molecule is CS(=O)(=O)N(CC(=O)Nc1c(Cl)cccc1Cl)Cc1ccc(F)cc1. The van der Waals surface area contributed by atoms with E-state index in [1.165, 1.54) is 24.3 Å². The summed E-state index contributed by atoms with van der Waals surface area (Å²) in [6.07, 6.45) is 0.992. The van der Waals surface area contributed by atoms with Crippen LogP contribution in [0.3, 0.4) is 0 Å². The van der Waals surface area contributed by atoms with Gasteiger partial charge in [-0.3, -0.25) is 4.79 Å². The van der Waals surface area contributed by atoms with Gasteiger partial charge >= 0.3 is 0 Å². The summed E-state index contributed by atoms with van der Waals surface area (Å²) in [5.74, 6) is -1.02. The van der Waals surface area contributed by atoms with Gasteiger partial charge in [0, 0.05) is 6.54 Å². The smallest absolute Gasteiger partial charge is 0.239 e. The lowest BCUT2D eigenvalue weighted by Gasteiger charge is -2.20. The van der Waals surface area contributed by atoms with Crippen LogP contribution in [-0.2, 0) is 21.4 Å². The summed E-state index contributed by atoms with van der Waals surface area (Å²) in [5, 5.41) is 2.99. The molecule has 5 nitrogen and oxygen atoms in total. The van der Waals surface area contributed by atoms with E-state index in [1.807, 2.05) is 0 Å². The number of sulfonamides is 1. The molecule has 0 fully saturated rings. The van der Waals surface area contributed by atoms with Gasteiger partial charge in [0.1, 0.15) is 5.82 Å². The molecule has 1 amide bonds. The van der Waals surface area contributed by atoms with Gasteiger partial charge in [-0.25, -0.2) is 12.8 Å². The van der Waals surface area contributed by atoms with Crippen molar-refractivity contribution in [1.82, 2.24) is 4.31 Å². The average molecular weight is 405 g/mol. The molecule has 2 rings (SSSR count). The number of nitrogens with one attached hydrogen (secondary N) is 1. The summed E-state index contributed by atoms with van der Waals surface area (Å²) < 4.78 is 37.8. The summed E-state index contributed by atoms with van der Waals surface area (Å²) in [6, 6.07) is 10.1. The molecule has 9 heteroatoms. The fourth-order valence-electron chi connectivity index (χ4n) is 2.04. The summed E-state index contributed by atoms with van der Waals surface area (Å²) >= 11 is 12.0.